The highest BCUT2D eigenvalue weighted by Gasteiger charge is 2.30. The van der Waals surface area contributed by atoms with Crippen LogP contribution in [-0.2, 0) is 9.59 Å². The van der Waals surface area contributed by atoms with Crippen LogP contribution in [0.25, 0.3) is 0 Å². The first kappa shape index (κ1) is 17.6. The molecule has 0 spiro atoms. The molecule has 27 heavy (non-hydrogen) atoms. The fourth-order valence-electron chi connectivity index (χ4n) is 3.96. The van der Waals surface area contributed by atoms with Crippen LogP contribution in [0.5, 0.6) is 5.75 Å². The predicted molar refractivity (Wildman–Crippen MR) is 104 cm³/mol. The first-order valence-corrected chi connectivity index (χ1v) is 9.60. The van der Waals surface area contributed by atoms with Crippen molar-refractivity contribution >= 4 is 17.5 Å². The third-order valence-corrected chi connectivity index (χ3v) is 5.34. The summed E-state index contributed by atoms with van der Waals surface area (Å²) in [6.07, 6.45) is 3.54. The number of anilines is 1. The van der Waals surface area contributed by atoms with Crippen molar-refractivity contribution in [2.45, 2.75) is 31.7 Å². The van der Waals surface area contributed by atoms with E-state index in [1.165, 1.54) is 5.56 Å². The molecular weight excluding hydrogens is 340 g/mol. The summed E-state index contributed by atoms with van der Waals surface area (Å²) in [4.78, 5) is 28.2. The van der Waals surface area contributed by atoms with E-state index in [9.17, 15) is 9.59 Å². The van der Waals surface area contributed by atoms with E-state index in [0.717, 1.165) is 38.0 Å². The van der Waals surface area contributed by atoms with E-state index in [1.54, 1.807) is 4.90 Å². The van der Waals surface area contributed by atoms with Gasteiger partial charge in [0, 0.05) is 25.2 Å². The fraction of sp³-hybridized carbons (Fsp3) is 0.364. The lowest BCUT2D eigenvalue weighted by atomic mass is 10.0. The third kappa shape index (κ3) is 3.82. The number of amides is 2. The van der Waals surface area contributed by atoms with Gasteiger partial charge in [0.05, 0.1) is 6.04 Å². The van der Waals surface area contributed by atoms with Gasteiger partial charge in [-0.15, -0.1) is 0 Å². The minimum atomic E-state index is 0.0140. The Labute approximate surface area is 159 Å². The van der Waals surface area contributed by atoms with Crippen LogP contribution in [0.2, 0.25) is 0 Å². The maximum absolute atomic E-state index is 12.7. The number of likely N-dealkylation sites (tertiary alicyclic amines) is 1. The Morgan fingerprint density at radius 3 is 2.48 bits per heavy atom. The van der Waals surface area contributed by atoms with Gasteiger partial charge in [-0.3, -0.25) is 9.59 Å². The van der Waals surface area contributed by atoms with Crippen molar-refractivity contribution in [2.24, 2.45) is 0 Å². The highest BCUT2D eigenvalue weighted by molar-refractivity contribution is 5.95. The van der Waals surface area contributed by atoms with Crippen LogP contribution in [0.4, 0.5) is 5.69 Å². The SMILES string of the molecule is O=C1CCCN1c1ccc(OCC(=O)N2CCC[C@@H]2c2ccccc2)cc1. The fourth-order valence-corrected chi connectivity index (χ4v) is 3.96. The second-order valence-corrected chi connectivity index (χ2v) is 7.09. The van der Waals surface area contributed by atoms with Gasteiger partial charge in [0.2, 0.25) is 5.91 Å². The highest BCUT2D eigenvalue weighted by Crippen LogP contribution is 2.32. The van der Waals surface area contributed by atoms with Crippen molar-refractivity contribution in [1.29, 1.82) is 0 Å². The van der Waals surface area contributed by atoms with E-state index in [0.29, 0.717) is 12.2 Å². The summed E-state index contributed by atoms with van der Waals surface area (Å²) in [6.45, 7) is 1.58. The van der Waals surface area contributed by atoms with Crippen LogP contribution in [0.15, 0.2) is 54.6 Å². The first-order chi connectivity index (χ1) is 13.2. The summed E-state index contributed by atoms with van der Waals surface area (Å²) >= 11 is 0. The lowest BCUT2D eigenvalue weighted by molar-refractivity contribution is -0.134. The van der Waals surface area contributed by atoms with Crippen LogP contribution in [-0.4, -0.2) is 36.4 Å². The predicted octanol–water partition coefficient (Wildman–Crippen LogP) is 3.56. The molecular formula is C22H24N2O3. The molecule has 2 fully saturated rings. The quantitative estimate of drug-likeness (QED) is 0.815. The molecule has 0 aromatic heterocycles. The number of ether oxygens (including phenoxy) is 1. The summed E-state index contributed by atoms with van der Waals surface area (Å²) in [5, 5.41) is 0. The van der Waals surface area contributed by atoms with Gasteiger partial charge in [-0.25, -0.2) is 0 Å². The minimum Gasteiger partial charge on any atom is -0.484 e. The molecule has 0 saturated carbocycles. The zero-order valence-electron chi connectivity index (χ0n) is 15.3. The average Bonchev–Trinajstić information content (AvgIpc) is 3.36. The molecule has 5 nitrogen and oxygen atoms in total. The summed E-state index contributed by atoms with van der Waals surface area (Å²) in [5.41, 5.74) is 2.07. The van der Waals surface area contributed by atoms with Crippen LogP contribution >= 0.6 is 0 Å². The van der Waals surface area contributed by atoms with Gasteiger partial charge in [0.15, 0.2) is 6.61 Å². The molecule has 0 radical (unpaired) electrons. The van der Waals surface area contributed by atoms with Crippen molar-refractivity contribution in [3.8, 4) is 5.75 Å². The Balaban J connectivity index is 1.35. The van der Waals surface area contributed by atoms with Gasteiger partial charge >= 0.3 is 0 Å². The molecule has 2 heterocycles. The second-order valence-electron chi connectivity index (χ2n) is 7.09. The van der Waals surface area contributed by atoms with Crippen LogP contribution in [0, 0.1) is 0 Å². The minimum absolute atomic E-state index is 0.0140. The van der Waals surface area contributed by atoms with Crippen molar-refractivity contribution in [3.05, 3.63) is 60.2 Å². The van der Waals surface area contributed by atoms with Gasteiger partial charge in [-0.1, -0.05) is 30.3 Å². The molecule has 5 heteroatoms. The Bertz CT molecular complexity index is 804. The molecule has 0 aliphatic carbocycles. The number of carbonyl (C=O) groups is 2. The van der Waals surface area contributed by atoms with Gasteiger partial charge in [0.1, 0.15) is 5.75 Å². The lowest BCUT2D eigenvalue weighted by Crippen LogP contribution is -2.34. The molecule has 2 amide bonds. The first-order valence-electron chi connectivity index (χ1n) is 9.60. The van der Waals surface area contributed by atoms with Crippen LogP contribution < -0.4 is 9.64 Å². The molecule has 2 aromatic rings. The number of hydrogen-bond donors (Lipinski definition) is 0. The Hall–Kier alpha value is -2.82. The number of rotatable bonds is 5. The molecule has 2 aliphatic heterocycles. The summed E-state index contributed by atoms with van der Waals surface area (Å²) in [5.74, 6) is 0.828. The van der Waals surface area contributed by atoms with E-state index in [4.69, 9.17) is 4.74 Å². The Morgan fingerprint density at radius 1 is 1.00 bits per heavy atom. The smallest absolute Gasteiger partial charge is 0.261 e. The molecule has 2 saturated heterocycles. The van der Waals surface area contributed by atoms with E-state index < -0.39 is 0 Å². The van der Waals surface area contributed by atoms with Gasteiger partial charge < -0.3 is 14.5 Å². The van der Waals surface area contributed by atoms with Gasteiger partial charge in [-0.2, -0.15) is 0 Å². The molecule has 0 unspecified atom stereocenters. The molecule has 1 atom stereocenters. The summed E-state index contributed by atoms with van der Waals surface area (Å²) < 4.78 is 5.71. The largest absolute Gasteiger partial charge is 0.484 e. The molecule has 0 bridgehead atoms. The zero-order chi connectivity index (χ0) is 18.6. The normalized spacial score (nSPS) is 19.6. The van der Waals surface area contributed by atoms with Crippen LogP contribution in [0.3, 0.4) is 0 Å². The molecule has 0 N–H and O–H groups in total. The number of hydrogen-bond acceptors (Lipinski definition) is 3. The van der Waals surface area contributed by atoms with Crippen molar-refractivity contribution in [3.63, 3.8) is 0 Å². The van der Waals surface area contributed by atoms with Crippen molar-refractivity contribution < 1.29 is 14.3 Å². The molecule has 2 aliphatic rings. The van der Waals surface area contributed by atoms with E-state index in [2.05, 4.69) is 12.1 Å². The maximum Gasteiger partial charge on any atom is 0.261 e. The zero-order valence-corrected chi connectivity index (χ0v) is 15.3. The van der Waals surface area contributed by atoms with E-state index in [1.807, 2.05) is 47.4 Å². The van der Waals surface area contributed by atoms with E-state index >= 15 is 0 Å². The average molecular weight is 364 g/mol. The standard InChI is InChI=1S/C22H24N2O3/c25-21-9-5-14-23(21)18-10-12-19(13-11-18)27-16-22(26)24-15-4-8-20(24)17-6-2-1-3-7-17/h1-3,6-7,10-13,20H,4-5,8-9,14-16H2/t20-/m1/s1. The third-order valence-electron chi connectivity index (χ3n) is 5.34. The lowest BCUT2D eigenvalue weighted by Gasteiger charge is -2.25. The summed E-state index contributed by atoms with van der Waals surface area (Å²) in [7, 11) is 0. The maximum atomic E-state index is 12.7. The van der Waals surface area contributed by atoms with Gasteiger partial charge in [0.25, 0.3) is 5.91 Å². The molecule has 140 valence electrons. The number of carbonyl (C=O) groups excluding carboxylic acids is 2. The monoisotopic (exact) mass is 364 g/mol. The van der Waals surface area contributed by atoms with E-state index in [-0.39, 0.29) is 24.5 Å². The Morgan fingerprint density at radius 2 is 1.78 bits per heavy atom. The topological polar surface area (TPSA) is 49.9 Å². The molecule has 2 aromatic carbocycles. The molecule has 4 rings (SSSR count). The second kappa shape index (κ2) is 7.82. The highest BCUT2D eigenvalue weighted by atomic mass is 16.5. The number of nitrogens with zero attached hydrogens (tertiary/aromatic N) is 2. The Kier molecular flexibility index (Phi) is 5.10. The number of benzene rings is 2. The van der Waals surface area contributed by atoms with Crippen molar-refractivity contribution in [1.82, 2.24) is 4.90 Å². The summed E-state index contributed by atoms with van der Waals surface area (Å²) in [6, 6.07) is 17.7. The van der Waals surface area contributed by atoms with Gasteiger partial charge in [-0.05, 0) is 49.1 Å². The van der Waals surface area contributed by atoms with Crippen molar-refractivity contribution in [2.75, 3.05) is 24.6 Å². The van der Waals surface area contributed by atoms with Crippen LogP contribution in [0.1, 0.15) is 37.3 Å².